The summed E-state index contributed by atoms with van der Waals surface area (Å²) in [5.41, 5.74) is 1.24. The summed E-state index contributed by atoms with van der Waals surface area (Å²) in [6, 6.07) is 20.2. The topological polar surface area (TPSA) is 75.7 Å². The summed E-state index contributed by atoms with van der Waals surface area (Å²) < 4.78 is 45.1. The van der Waals surface area contributed by atoms with Crippen molar-refractivity contribution in [1.82, 2.24) is 5.32 Å². The van der Waals surface area contributed by atoms with Gasteiger partial charge >= 0.3 is 0 Å². The molecule has 0 saturated heterocycles. The van der Waals surface area contributed by atoms with Crippen molar-refractivity contribution in [2.75, 3.05) is 18.0 Å². The molecule has 3 aromatic rings. The molecule has 1 N–H and O–H groups in total. The largest absolute Gasteiger partial charge is 0.484 e. The first-order valence-electron chi connectivity index (χ1n) is 9.59. The number of hydrogen-bond donors (Lipinski definition) is 1. The molecular formula is C23H23FN2O4S. The first kappa shape index (κ1) is 22.3. The van der Waals surface area contributed by atoms with E-state index < -0.39 is 10.0 Å². The molecule has 0 heterocycles. The number of nitrogens with one attached hydrogen (secondary N) is 1. The van der Waals surface area contributed by atoms with Crippen LogP contribution in [0.4, 0.5) is 10.1 Å². The van der Waals surface area contributed by atoms with Gasteiger partial charge in [-0.2, -0.15) is 0 Å². The molecule has 0 bridgehead atoms. The number of rotatable bonds is 8. The van der Waals surface area contributed by atoms with Gasteiger partial charge in [0, 0.05) is 7.05 Å². The van der Waals surface area contributed by atoms with Crippen LogP contribution in [0.2, 0.25) is 0 Å². The minimum Gasteiger partial charge on any atom is -0.484 e. The molecule has 0 aliphatic heterocycles. The Morgan fingerprint density at radius 1 is 1.00 bits per heavy atom. The summed E-state index contributed by atoms with van der Waals surface area (Å²) in [4.78, 5) is 12.3. The van der Waals surface area contributed by atoms with Crippen molar-refractivity contribution >= 4 is 21.6 Å². The van der Waals surface area contributed by atoms with Gasteiger partial charge in [0.25, 0.3) is 15.9 Å². The number of nitrogens with zero attached hydrogens (tertiary/aromatic N) is 1. The molecule has 3 aromatic carbocycles. The monoisotopic (exact) mass is 442 g/mol. The molecule has 0 unspecified atom stereocenters. The quantitative estimate of drug-likeness (QED) is 0.574. The number of sulfonamides is 1. The third-order valence-corrected chi connectivity index (χ3v) is 6.52. The van der Waals surface area contributed by atoms with Crippen LogP contribution in [0.1, 0.15) is 18.5 Å². The molecule has 1 atom stereocenters. The summed E-state index contributed by atoms with van der Waals surface area (Å²) in [5.74, 6) is -0.236. The maximum absolute atomic E-state index is 13.0. The standard InChI is InChI=1S/C23H23FN2O4S/c1-17(18-8-10-19(24)11-9-18)25-23(27)16-30-21-14-12-20(13-15-21)26(2)31(28,29)22-6-4-3-5-7-22/h3-15,17H,16H2,1-2H3,(H,25,27)/t17-/m1/s1. The highest BCUT2D eigenvalue weighted by Gasteiger charge is 2.20. The predicted molar refractivity (Wildman–Crippen MR) is 117 cm³/mol. The summed E-state index contributed by atoms with van der Waals surface area (Å²) in [5, 5.41) is 2.78. The van der Waals surface area contributed by atoms with Crippen LogP contribution < -0.4 is 14.4 Å². The van der Waals surface area contributed by atoms with Crippen LogP contribution in [0.5, 0.6) is 5.75 Å². The number of carbonyl (C=O) groups is 1. The van der Waals surface area contributed by atoms with Crippen LogP contribution in [0.3, 0.4) is 0 Å². The number of benzene rings is 3. The van der Waals surface area contributed by atoms with Crippen LogP contribution in [-0.2, 0) is 14.8 Å². The maximum atomic E-state index is 13.0. The van der Waals surface area contributed by atoms with Crippen LogP contribution in [-0.4, -0.2) is 28.0 Å². The second-order valence-corrected chi connectivity index (χ2v) is 8.88. The Labute approximate surface area is 181 Å². The Balaban J connectivity index is 1.56. The van der Waals surface area contributed by atoms with Crippen molar-refractivity contribution in [3.63, 3.8) is 0 Å². The lowest BCUT2D eigenvalue weighted by Gasteiger charge is -2.20. The van der Waals surface area contributed by atoms with Crippen molar-refractivity contribution in [1.29, 1.82) is 0 Å². The zero-order chi connectivity index (χ0) is 22.4. The van der Waals surface area contributed by atoms with Gasteiger partial charge in [-0.3, -0.25) is 9.10 Å². The normalized spacial score (nSPS) is 12.1. The Kier molecular flexibility index (Phi) is 6.91. The van der Waals surface area contributed by atoms with Crippen molar-refractivity contribution in [2.45, 2.75) is 17.9 Å². The molecule has 0 aliphatic carbocycles. The van der Waals surface area contributed by atoms with Gasteiger partial charge in [0.1, 0.15) is 11.6 Å². The third-order valence-electron chi connectivity index (χ3n) is 4.72. The molecule has 1 amide bonds. The molecule has 0 spiro atoms. The molecule has 0 radical (unpaired) electrons. The second kappa shape index (κ2) is 9.61. The molecule has 8 heteroatoms. The number of ether oxygens (including phenoxy) is 1. The van der Waals surface area contributed by atoms with Gasteiger partial charge in [-0.15, -0.1) is 0 Å². The van der Waals surface area contributed by atoms with E-state index >= 15 is 0 Å². The third kappa shape index (κ3) is 5.61. The van der Waals surface area contributed by atoms with E-state index in [4.69, 9.17) is 4.74 Å². The number of anilines is 1. The number of hydrogen-bond acceptors (Lipinski definition) is 4. The van der Waals surface area contributed by atoms with E-state index in [0.717, 1.165) is 5.56 Å². The van der Waals surface area contributed by atoms with Crippen LogP contribution in [0.15, 0.2) is 83.8 Å². The van der Waals surface area contributed by atoms with E-state index in [9.17, 15) is 17.6 Å². The number of carbonyl (C=O) groups excluding carboxylic acids is 1. The van der Waals surface area contributed by atoms with Gasteiger partial charge < -0.3 is 10.1 Å². The summed E-state index contributed by atoms with van der Waals surface area (Å²) in [6.07, 6.45) is 0. The highest BCUT2D eigenvalue weighted by atomic mass is 32.2. The smallest absolute Gasteiger partial charge is 0.264 e. The van der Waals surface area contributed by atoms with Crippen LogP contribution in [0, 0.1) is 5.82 Å². The molecule has 6 nitrogen and oxygen atoms in total. The van der Waals surface area contributed by atoms with Gasteiger partial charge in [0.2, 0.25) is 0 Å². The highest BCUT2D eigenvalue weighted by molar-refractivity contribution is 7.92. The molecule has 0 saturated carbocycles. The number of amides is 1. The Morgan fingerprint density at radius 3 is 2.23 bits per heavy atom. The maximum Gasteiger partial charge on any atom is 0.264 e. The van der Waals surface area contributed by atoms with Gasteiger partial charge in [0.05, 0.1) is 16.6 Å². The molecule has 0 aliphatic rings. The highest BCUT2D eigenvalue weighted by Crippen LogP contribution is 2.24. The average molecular weight is 443 g/mol. The van der Waals surface area contributed by atoms with Crippen molar-refractivity contribution < 1.29 is 22.3 Å². The predicted octanol–water partition coefficient (Wildman–Crippen LogP) is 3.91. The molecular weight excluding hydrogens is 419 g/mol. The van der Waals surface area contributed by atoms with Crippen LogP contribution in [0.25, 0.3) is 0 Å². The molecule has 0 fully saturated rings. The van der Waals surface area contributed by atoms with E-state index in [1.54, 1.807) is 61.5 Å². The Bertz CT molecular complexity index is 1120. The van der Waals surface area contributed by atoms with E-state index in [-0.39, 0.29) is 29.3 Å². The summed E-state index contributed by atoms with van der Waals surface area (Å²) in [6.45, 7) is 1.59. The lowest BCUT2D eigenvalue weighted by Crippen LogP contribution is -2.31. The van der Waals surface area contributed by atoms with E-state index in [0.29, 0.717) is 11.4 Å². The van der Waals surface area contributed by atoms with Crippen molar-refractivity contribution in [2.24, 2.45) is 0 Å². The van der Waals surface area contributed by atoms with Crippen molar-refractivity contribution in [3.05, 3.63) is 90.2 Å². The fourth-order valence-electron chi connectivity index (χ4n) is 2.91. The van der Waals surface area contributed by atoms with Gasteiger partial charge in [0.15, 0.2) is 6.61 Å². The van der Waals surface area contributed by atoms with E-state index in [1.165, 1.54) is 35.6 Å². The van der Waals surface area contributed by atoms with E-state index in [1.807, 2.05) is 0 Å². The van der Waals surface area contributed by atoms with Crippen molar-refractivity contribution in [3.8, 4) is 5.75 Å². The lowest BCUT2D eigenvalue weighted by molar-refractivity contribution is -0.123. The van der Waals surface area contributed by atoms with Gasteiger partial charge in [-0.05, 0) is 61.0 Å². The first-order valence-corrected chi connectivity index (χ1v) is 11.0. The van der Waals surface area contributed by atoms with Crippen LogP contribution >= 0.6 is 0 Å². The van der Waals surface area contributed by atoms with E-state index in [2.05, 4.69) is 5.32 Å². The minimum atomic E-state index is -3.67. The fraction of sp³-hybridized carbons (Fsp3) is 0.174. The Morgan fingerprint density at radius 2 is 1.61 bits per heavy atom. The summed E-state index contributed by atoms with van der Waals surface area (Å²) in [7, 11) is -2.19. The molecule has 0 aromatic heterocycles. The molecule has 31 heavy (non-hydrogen) atoms. The average Bonchev–Trinajstić information content (AvgIpc) is 2.78. The summed E-state index contributed by atoms with van der Waals surface area (Å²) >= 11 is 0. The zero-order valence-electron chi connectivity index (χ0n) is 17.2. The fourth-order valence-corrected chi connectivity index (χ4v) is 4.13. The van der Waals surface area contributed by atoms with Gasteiger partial charge in [-0.25, -0.2) is 12.8 Å². The second-order valence-electron chi connectivity index (χ2n) is 6.91. The Hall–Kier alpha value is -3.39. The number of halogens is 1. The minimum absolute atomic E-state index is 0.199. The first-order chi connectivity index (χ1) is 14.8. The molecule has 3 rings (SSSR count). The zero-order valence-corrected chi connectivity index (χ0v) is 18.0. The van der Waals surface area contributed by atoms with Gasteiger partial charge in [-0.1, -0.05) is 30.3 Å². The SMILES string of the molecule is C[C@@H](NC(=O)COc1ccc(N(C)S(=O)(=O)c2ccccc2)cc1)c1ccc(F)cc1. The molecule has 162 valence electrons. The lowest BCUT2D eigenvalue weighted by atomic mass is 10.1.